The number of carbonyl (C=O) groups is 1. The zero-order valence-electron chi connectivity index (χ0n) is 37.7. The summed E-state index contributed by atoms with van der Waals surface area (Å²) in [6.07, 6.45) is 11.3. The van der Waals surface area contributed by atoms with E-state index in [0.29, 0.717) is 111 Å². The van der Waals surface area contributed by atoms with Crippen LogP contribution in [0.5, 0.6) is 0 Å². The van der Waals surface area contributed by atoms with Gasteiger partial charge < -0.3 is 42.5 Å². The fourth-order valence-electron chi connectivity index (χ4n) is 7.53. The van der Waals surface area contributed by atoms with Gasteiger partial charge in [0.05, 0.1) is 89.0 Å². The topological polar surface area (TPSA) is 201 Å². The van der Waals surface area contributed by atoms with Crippen molar-refractivity contribution in [3.63, 3.8) is 0 Å². The molecule has 4 rings (SSSR count). The Bertz CT molecular complexity index is 2240. The maximum absolute atomic E-state index is 12.4. The highest BCUT2D eigenvalue weighted by Gasteiger charge is 2.43. The molecule has 16 nitrogen and oxygen atoms in total. The molecule has 1 unspecified atom stereocenters. The molecule has 0 saturated heterocycles. The van der Waals surface area contributed by atoms with E-state index >= 15 is 0 Å². The quantitative estimate of drug-likeness (QED) is 0.0442. The van der Waals surface area contributed by atoms with Gasteiger partial charge in [-0.2, -0.15) is 16.8 Å². The van der Waals surface area contributed by atoms with Crippen LogP contribution < -0.4 is 14.8 Å². The predicted molar refractivity (Wildman–Crippen MR) is 245 cm³/mol. The molecule has 18 heteroatoms. The molecule has 3 aliphatic rings. The van der Waals surface area contributed by atoms with Gasteiger partial charge in [-0.15, -0.1) is 0 Å². The zero-order chi connectivity index (χ0) is 46.4. The molecule has 1 aliphatic carbocycles. The largest absolute Gasteiger partial charge is 0.464 e. The number of ether oxygens (including phenoxy) is 6. The summed E-state index contributed by atoms with van der Waals surface area (Å²) in [5.41, 5.74) is 3.53. The lowest BCUT2D eigenvalue weighted by atomic mass is 9.78. The fourth-order valence-corrected chi connectivity index (χ4v) is 8.53. The number of nitrogens with zero attached hydrogens (tertiary/aromatic N) is 2. The molecule has 0 bridgehead atoms. The first-order valence-electron chi connectivity index (χ1n) is 21.9. The summed E-state index contributed by atoms with van der Waals surface area (Å²) in [7, 11) is -6.92. The Morgan fingerprint density at radius 2 is 1.45 bits per heavy atom. The van der Waals surface area contributed by atoms with Crippen LogP contribution in [0.4, 0.5) is 5.69 Å². The molecular weight excluding hydrogens is 869 g/mol. The summed E-state index contributed by atoms with van der Waals surface area (Å²) in [4.78, 5) is 13.7. The van der Waals surface area contributed by atoms with E-state index in [9.17, 15) is 30.7 Å². The molecular formula is C46H67N2O14S2+. The number of anilines is 1. The van der Waals surface area contributed by atoms with Crippen molar-refractivity contribution in [2.45, 2.75) is 69.6 Å². The number of unbranched alkanes of at least 4 members (excludes halogenated alkanes) is 2. The molecule has 0 fully saturated rings. The number of Topliss-reactive ketones (excluding diaryl/α,β-unsaturated/α-hetero) is 1. The van der Waals surface area contributed by atoms with E-state index < -0.39 is 25.7 Å². The van der Waals surface area contributed by atoms with Crippen LogP contribution in [-0.4, -0.2) is 137 Å². The van der Waals surface area contributed by atoms with Crippen molar-refractivity contribution in [2.75, 3.05) is 110 Å². The predicted octanol–water partition coefficient (Wildman–Crippen LogP) is 5.65. The van der Waals surface area contributed by atoms with Gasteiger partial charge in [0.25, 0.3) is 20.2 Å². The highest BCUT2D eigenvalue weighted by molar-refractivity contribution is 7.86. The number of allylic oxidation sites excluding steroid dienone is 3. The summed E-state index contributed by atoms with van der Waals surface area (Å²) in [5, 5.41) is 0.858. The standard InChI is InChI=1S/C46H66N2O14S2/c1-5-47(20-10-34-63(50,51)52)39-14-16-41-38(18-22-62-44(41)35-39)12-9-13-45-46(3,19-23-57-26-27-59-30-31-61-33-32-60-29-28-58-25-24-56-4)42-36-40(64(53,54)55)15-17-43(42)48(45)21-8-6-7-11-37(2)49/h9,12-18,22,35-36H,5-8,10-11,19-21,23-34H2,1-4H3,(H-,50,51,52,53,54,55)/p+1. The number of ketones is 1. The Morgan fingerprint density at radius 3 is 2.05 bits per heavy atom. The summed E-state index contributed by atoms with van der Waals surface area (Å²) in [6.45, 7) is 12.1. The molecule has 0 spiro atoms. The summed E-state index contributed by atoms with van der Waals surface area (Å²) in [5.74, 6) is 0.465. The highest BCUT2D eigenvalue weighted by atomic mass is 32.2. The first-order valence-corrected chi connectivity index (χ1v) is 24.9. The summed E-state index contributed by atoms with van der Waals surface area (Å²) in [6, 6.07) is 12.4. The Labute approximate surface area is 378 Å². The van der Waals surface area contributed by atoms with Gasteiger partial charge in [-0.3, -0.25) is 9.11 Å². The van der Waals surface area contributed by atoms with Crippen LogP contribution in [0.2, 0.25) is 0 Å². The van der Waals surface area contributed by atoms with E-state index in [1.807, 2.05) is 54.0 Å². The second-order valence-corrected chi connectivity index (χ2v) is 18.6. The minimum absolute atomic E-state index is 0.148. The molecule has 0 saturated carbocycles. The Morgan fingerprint density at radius 1 is 0.812 bits per heavy atom. The average molecular weight is 936 g/mol. The third-order valence-electron chi connectivity index (χ3n) is 10.9. The van der Waals surface area contributed by atoms with Crippen molar-refractivity contribution in [3.8, 4) is 11.3 Å². The summed E-state index contributed by atoms with van der Waals surface area (Å²) >= 11 is 0. The lowest BCUT2D eigenvalue weighted by Gasteiger charge is -2.30. The molecule has 1 aromatic rings. The molecule has 0 radical (unpaired) electrons. The van der Waals surface area contributed by atoms with E-state index in [4.69, 9.17) is 32.8 Å². The van der Waals surface area contributed by atoms with Crippen molar-refractivity contribution < 1.29 is 63.6 Å². The molecule has 1 atom stereocenters. The molecule has 2 heterocycles. The van der Waals surface area contributed by atoms with E-state index in [0.717, 1.165) is 52.7 Å². The van der Waals surface area contributed by atoms with Gasteiger partial charge in [0.2, 0.25) is 5.36 Å². The van der Waals surface area contributed by atoms with Crippen LogP contribution in [0.25, 0.3) is 17.4 Å². The van der Waals surface area contributed by atoms with Gasteiger partial charge >= 0.3 is 0 Å². The SMILES string of the molecule is CC[N+](CCCS(=O)(=O)O)=c1ccc2c(C=CC=C3N(CCCCCC(C)=O)c4ccc(S(=O)(=O)O)cc4C3(C)CCOCCOCCOCCOCCOCCOC)ccoc-2c1. The van der Waals surface area contributed by atoms with Crippen molar-refractivity contribution in [2.24, 2.45) is 0 Å². The van der Waals surface area contributed by atoms with Gasteiger partial charge in [-0.1, -0.05) is 18.6 Å². The third-order valence-corrected chi connectivity index (χ3v) is 12.6. The molecule has 2 N–H and O–H groups in total. The lowest BCUT2D eigenvalue weighted by Crippen LogP contribution is -2.31. The minimum atomic E-state index is -4.49. The molecule has 2 aliphatic heterocycles. The number of fused-ring (bicyclic) bond motifs is 2. The number of benzene rings is 2. The average Bonchev–Trinajstić information content (AvgIpc) is 3.48. The number of hydrogen-bond acceptors (Lipinski definition) is 13. The monoisotopic (exact) mass is 935 g/mol. The van der Waals surface area contributed by atoms with E-state index in [2.05, 4.69) is 11.8 Å². The Kier molecular flexibility index (Phi) is 22.3. The van der Waals surface area contributed by atoms with Crippen molar-refractivity contribution in [3.05, 3.63) is 83.1 Å². The first kappa shape index (κ1) is 52.8. The molecule has 1 aromatic carbocycles. The third kappa shape index (κ3) is 17.2. The van der Waals surface area contributed by atoms with Gasteiger partial charge in [0.1, 0.15) is 24.6 Å². The van der Waals surface area contributed by atoms with Gasteiger partial charge in [0, 0.05) is 61.5 Å². The van der Waals surface area contributed by atoms with Gasteiger partial charge in [-0.25, -0.2) is 4.58 Å². The smallest absolute Gasteiger partial charge is 0.294 e. The second kappa shape index (κ2) is 27.0. The van der Waals surface area contributed by atoms with Crippen molar-refractivity contribution in [1.29, 1.82) is 0 Å². The molecule has 0 amide bonds. The Balaban J connectivity index is 1.50. The highest BCUT2D eigenvalue weighted by Crippen LogP contribution is 2.51. The minimum Gasteiger partial charge on any atom is -0.464 e. The number of carbonyl (C=O) groups excluding carboxylic acids is 1. The van der Waals surface area contributed by atoms with Crippen LogP contribution in [0.3, 0.4) is 0 Å². The lowest BCUT2D eigenvalue weighted by molar-refractivity contribution is -0.117. The fraction of sp³-hybridized carbons (Fsp3) is 0.565. The number of hydrogen-bond donors (Lipinski definition) is 2. The van der Waals surface area contributed by atoms with Crippen LogP contribution in [-0.2, 0) is 58.9 Å². The van der Waals surface area contributed by atoms with Gasteiger partial charge in [0.15, 0.2) is 0 Å². The van der Waals surface area contributed by atoms with Crippen LogP contribution in [0.15, 0.2) is 75.9 Å². The van der Waals surface area contributed by atoms with Crippen LogP contribution in [0.1, 0.15) is 70.4 Å². The molecule has 356 valence electrons. The van der Waals surface area contributed by atoms with E-state index in [1.54, 1.807) is 32.4 Å². The summed E-state index contributed by atoms with van der Waals surface area (Å²) < 4.78 is 108. The van der Waals surface area contributed by atoms with E-state index in [1.165, 1.54) is 6.07 Å². The normalized spacial score (nSPS) is 16.7. The number of methoxy groups -OCH3 is 1. The van der Waals surface area contributed by atoms with Crippen molar-refractivity contribution in [1.82, 2.24) is 4.58 Å². The first-order chi connectivity index (χ1) is 30.7. The zero-order valence-corrected chi connectivity index (χ0v) is 39.3. The maximum Gasteiger partial charge on any atom is 0.294 e. The van der Waals surface area contributed by atoms with Gasteiger partial charge in [-0.05, 0) is 87.6 Å². The van der Waals surface area contributed by atoms with Crippen LogP contribution >= 0.6 is 0 Å². The Hall–Kier alpha value is -3.82. The van der Waals surface area contributed by atoms with Crippen molar-refractivity contribution >= 4 is 37.8 Å². The van der Waals surface area contributed by atoms with Crippen LogP contribution in [0, 0.1) is 0 Å². The molecule has 64 heavy (non-hydrogen) atoms. The number of rotatable bonds is 32. The maximum atomic E-state index is 12.4. The second-order valence-electron chi connectivity index (χ2n) is 15.6. The molecule has 0 aromatic heterocycles. The van der Waals surface area contributed by atoms with E-state index in [-0.39, 0.29) is 22.9 Å².